The minimum Gasteiger partial charge on any atom is -0.379 e. The van der Waals surface area contributed by atoms with Crippen molar-refractivity contribution in [3.8, 4) is 0 Å². The summed E-state index contributed by atoms with van der Waals surface area (Å²) in [6.45, 7) is 9.41. The lowest BCUT2D eigenvalue weighted by molar-refractivity contribution is -0.118. The van der Waals surface area contributed by atoms with E-state index in [9.17, 15) is 4.79 Å². The Balaban J connectivity index is 1.32. The standard InChI is InChI=1S/C26H30N8O2/c1-18-19(16-23(35)28-18)15-20-17-27-34-24(20)30-25(31-26(34)29-21-5-3-2-4-6-21)33-9-7-22(8-10-33)32-11-13-36-14-12-32/h2-6,15,17,22H,1,7-14,16H2,(H,28,35)(H,29,30,31)/b19-15+. The third-order valence-electron chi connectivity index (χ3n) is 7.08. The number of nitrogens with one attached hydrogen (secondary N) is 2. The number of carbonyl (C=O) groups is 1. The molecule has 36 heavy (non-hydrogen) atoms. The molecule has 3 aliphatic heterocycles. The summed E-state index contributed by atoms with van der Waals surface area (Å²) >= 11 is 0. The van der Waals surface area contributed by atoms with Crippen LogP contribution in [0.1, 0.15) is 24.8 Å². The van der Waals surface area contributed by atoms with Gasteiger partial charge >= 0.3 is 0 Å². The van der Waals surface area contributed by atoms with Crippen molar-refractivity contribution in [3.05, 3.63) is 59.9 Å². The average Bonchev–Trinajstić information content (AvgIpc) is 3.47. The number of carbonyl (C=O) groups excluding carboxylic acids is 1. The molecule has 3 saturated heterocycles. The lowest BCUT2D eigenvalue weighted by Gasteiger charge is -2.40. The Kier molecular flexibility index (Phi) is 6.12. The van der Waals surface area contributed by atoms with Crippen LogP contribution >= 0.6 is 0 Å². The van der Waals surface area contributed by atoms with E-state index in [0.717, 1.165) is 69.1 Å². The number of anilines is 3. The fourth-order valence-electron chi connectivity index (χ4n) is 5.13. The lowest BCUT2D eigenvalue weighted by Crippen LogP contribution is -2.49. The Bertz CT molecular complexity index is 1300. The van der Waals surface area contributed by atoms with E-state index >= 15 is 0 Å². The molecular weight excluding hydrogens is 456 g/mol. The SMILES string of the molecule is C=C1NC(=O)C/C1=C\c1cnn2c(Nc3ccccc3)nc(N3CCC(N4CCOCC4)CC3)nc12. The second-order valence-corrected chi connectivity index (χ2v) is 9.41. The Hall–Kier alpha value is -3.76. The molecule has 3 aromatic rings. The number of amides is 1. The van der Waals surface area contributed by atoms with Crippen LogP contribution in [0.2, 0.25) is 0 Å². The number of allylic oxidation sites excluding steroid dienone is 1. The first-order chi connectivity index (χ1) is 17.6. The molecule has 0 saturated carbocycles. The van der Waals surface area contributed by atoms with Gasteiger partial charge in [-0.2, -0.15) is 19.6 Å². The van der Waals surface area contributed by atoms with Gasteiger partial charge in [-0.05, 0) is 36.6 Å². The first kappa shape index (κ1) is 22.7. The predicted molar refractivity (Wildman–Crippen MR) is 138 cm³/mol. The summed E-state index contributed by atoms with van der Waals surface area (Å²) < 4.78 is 7.25. The van der Waals surface area contributed by atoms with Crippen LogP contribution in [0.5, 0.6) is 0 Å². The number of para-hydroxylation sites is 1. The van der Waals surface area contributed by atoms with Crippen LogP contribution in [0, 0.1) is 0 Å². The van der Waals surface area contributed by atoms with Crippen LogP contribution in [0.25, 0.3) is 11.7 Å². The Morgan fingerprint density at radius 2 is 1.86 bits per heavy atom. The third kappa shape index (κ3) is 4.57. The second kappa shape index (κ2) is 9.71. The van der Waals surface area contributed by atoms with Crippen molar-refractivity contribution in [1.29, 1.82) is 0 Å². The minimum absolute atomic E-state index is 0.0485. The summed E-state index contributed by atoms with van der Waals surface area (Å²) in [7, 11) is 0. The van der Waals surface area contributed by atoms with Crippen molar-refractivity contribution in [2.24, 2.45) is 0 Å². The summed E-state index contributed by atoms with van der Waals surface area (Å²) in [5, 5.41) is 10.8. The van der Waals surface area contributed by atoms with Gasteiger partial charge in [0.2, 0.25) is 17.8 Å². The molecule has 0 bridgehead atoms. The quantitative estimate of drug-likeness (QED) is 0.568. The monoisotopic (exact) mass is 486 g/mol. The number of piperidine rings is 1. The summed E-state index contributed by atoms with van der Waals surface area (Å²) in [5.41, 5.74) is 3.91. The van der Waals surface area contributed by atoms with Gasteiger partial charge in [0.25, 0.3) is 0 Å². The highest BCUT2D eigenvalue weighted by molar-refractivity contribution is 5.89. The number of ether oxygens (including phenoxy) is 1. The van der Waals surface area contributed by atoms with Gasteiger partial charge in [-0.15, -0.1) is 0 Å². The van der Waals surface area contributed by atoms with Crippen molar-refractivity contribution in [3.63, 3.8) is 0 Å². The van der Waals surface area contributed by atoms with E-state index in [0.29, 0.717) is 35.7 Å². The van der Waals surface area contributed by atoms with E-state index in [1.165, 1.54) is 0 Å². The van der Waals surface area contributed by atoms with Crippen molar-refractivity contribution >= 4 is 35.2 Å². The maximum absolute atomic E-state index is 11.8. The number of hydrogen-bond acceptors (Lipinski definition) is 8. The van der Waals surface area contributed by atoms with Gasteiger partial charge < -0.3 is 20.3 Å². The van der Waals surface area contributed by atoms with Gasteiger partial charge in [0.1, 0.15) is 0 Å². The maximum Gasteiger partial charge on any atom is 0.233 e. The molecule has 6 rings (SSSR count). The van der Waals surface area contributed by atoms with E-state index < -0.39 is 0 Å². The van der Waals surface area contributed by atoms with Gasteiger partial charge in [0.05, 0.1) is 25.8 Å². The molecular formula is C26H30N8O2. The first-order valence-corrected chi connectivity index (χ1v) is 12.5. The fourth-order valence-corrected chi connectivity index (χ4v) is 5.13. The van der Waals surface area contributed by atoms with E-state index in [4.69, 9.17) is 14.7 Å². The van der Waals surface area contributed by atoms with Crippen LogP contribution in [-0.4, -0.2) is 75.8 Å². The first-order valence-electron chi connectivity index (χ1n) is 12.5. The van der Waals surface area contributed by atoms with E-state index in [1.807, 2.05) is 36.4 Å². The molecule has 10 heteroatoms. The van der Waals surface area contributed by atoms with Gasteiger partial charge in [-0.25, -0.2) is 0 Å². The highest BCUT2D eigenvalue weighted by Gasteiger charge is 2.28. The molecule has 3 fully saturated rings. The predicted octanol–water partition coefficient (Wildman–Crippen LogP) is 2.59. The average molecular weight is 487 g/mol. The number of nitrogens with zero attached hydrogens (tertiary/aromatic N) is 6. The van der Waals surface area contributed by atoms with Gasteiger partial charge in [0.15, 0.2) is 5.65 Å². The van der Waals surface area contributed by atoms with Gasteiger partial charge in [0, 0.05) is 49.2 Å². The third-order valence-corrected chi connectivity index (χ3v) is 7.08. The number of fused-ring (bicyclic) bond motifs is 1. The molecule has 3 aliphatic rings. The van der Waals surface area contributed by atoms with Crippen LogP contribution < -0.4 is 15.5 Å². The summed E-state index contributed by atoms with van der Waals surface area (Å²) in [5.74, 6) is 1.23. The molecule has 0 aliphatic carbocycles. The molecule has 2 N–H and O–H groups in total. The fraction of sp³-hybridized carbons (Fsp3) is 0.385. The van der Waals surface area contributed by atoms with E-state index in [2.05, 4.69) is 32.1 Å². The Morgan fingerprint density at radius 1 is 1.08 bits per heavy atom. The number of rotatable bonds is 5. The molecule has 0 unspecified atom stereocenters. The normalized spacial score (nSPS) is 20.9. The van der Waals surface area contributed by atoms with E-state index in [-0.39, 0.29) is 5.91 Å². The molecule has 2 aromatic heterocycles. The summed E-state index contributed by atoms with van der Waals surface area (Å²) in [4.78, 5) is 26.5. The van der Waals surface area contributed by atoms with Crippen molar-refractivity contribution < 1.29 is 9.53 Å². The van der Waals surface area contributed by atoms with Crippen LogP contribution in [0.15, 0.2) is 54.4 Å². The van der Waals surface area contributed by atoms with Crippen LogP contribution in [-0.2, 0) is 9.53 Å². The summed E-state index contributed by atoms with van der Waals surface area (Å²) in [6.07, 6.45) is 6.14. The topological polar surface area (TPSA) is 99.9 Å². The minimum atomic E-state index is -0.0485. The van der Waals surface area contributed by atoms with Crippen molar-refractivity contribution in [2.75, 3.05) is 49.6 Å². The molecule has 186 valence electrons. The Morgan fingerprint density at radius 3 is 2.58 bits per heavy atom. The van der Waals surface area contributed by atoms with Crippen molar-refractivity contribution in [1.82, 2.24) is 29.8 Å². The molecule has 0 atom stereocenters. The van der Waals surface area contributed by atoms with Crippen molar-refractivity contribution in [2.45, 2.75) is 25.3 Å². The zero-order valence-corrected chi connectivity index (χ0v) is 20.2. The zero-order valence-electron chi connectivity index (χ0n) is 20.2. The molecule has 1 amide bonds. The molecule has 10 nitrogen and oxygen atoms in total. The summed E-state index contributed by atoms with van der Waals surface area (Å²) in [6, 6.07) is 10.5. The van der Waals surface area contributed by atoms with E-state index in [1.54, 1.807) is 10.7 Å². The maximum atomic E-state index is 11.8. The van der Waals surface area contributed by atoms with Gasteiger partial charge in [-0.3, -0.25) is 9.69 Å². The second-order valence-electron chi connectivity index (χ2n) is 9.41. The highest BCUT2D eigenvalue weighted by Crippen LogP contribution is 2.27. The molecule has 0 radical (unpaired) electrons. The molecule has 1 aromatic carbocycles. The molecule has 5 heterocycles. The largest absolute Gasteiger partial charge is 0.379 e. The number of benzene rings is 1. The van der Waals surface area contributed by atoms with Crippen LogP contribution in [0.4, 0.5) is 17.6 Å². The molecule has 0 spiro atoms. The van der Waals surface area contributed by atoms with Gasteiger partial charge in [-0.1, -0.05) is 24.8 Å². The highest BCUT2D eigenvalue weighted by atomic mass is 16.5. The smallest absolute Gasteiger partial charge is 0.233 e. The number of hydrogen-bond donors (Lipinski definition) is 2. The zero-order chi connectivity index (χ0) is 24.5. The lowest BCUT2D eigenvalue weighted by atomic mass is 10.0. The number of aromatic nitrogens is 4. The Labute approximate surface area is 209 Å². The van der Waals surface area contributed by atoms with Crippen LogP contribution in [0.3, 0.4) is 0 Å². The number of morpholine rings is 1.